The van der Waals surface area contributed by atoms with Crippen LogP contribution in [-0.2, 0) is 11.2 Å². The summed E-state index contributed by atoms with van der Waals surface area (Å²) in [5.74, 6) is -0.257. The van der Waals surface area contributed by atoms with E-state index >= 15 is 0 Å². The van der Waals surface area contributed by atoms with E-state index in [4.69, 9.17) is 0 Å². The van der Waals surface area contributed by atoms with Gasteiger partial charge in [0.05, 0.1) is 16.9 Å². The molecule has 20 heavy (non-hydrogen) atoms. The molecule has 0 radical (unpaired) electrons. The van der Waals surface area contributed by atoms with Gasteiger partial charge < -0.3 is 10.4 Å². The molecule has 0 aromatic heterocycles. The van der Waals surface area contributed by atoms with Gasteiger partial charge in [-0.2, -0.15) is 0 Å². The van der Waals surface area contributed by atoms with Crippen LogP contribution in [-0.4, -0.2) is 28.1 Å². The number of aliphatic hydroxyl groups is 1. The Morgan fingerprint density at radius 3 is 2.70 bits per heavy atom. The van der Waals surface area contributed by atoms with Crippen LogP contribution in [0.4, 0.5) is 5.69 Å². The smallest absolute Gasteiger partial charge is 0.269 e. The molecule has 1 rings (SSSR count). The van der Waals surface area contributed by atoms with Gasteiger partial charge in [-0.25, -0.2) is 0 Å². The van der Waals surface area contributed by atoms with E-state index in [1.54, 1.807) is 19.1 Å². The number of nitrogens with one attached hydrogen (secondary N) is 1. The molecule has 0 heterocycles. The van der Waals surface area contributed by atoms with E-state index in [9.17, 15) is 20.0 Å². The third-order valence-corrected chi connectivity index (χ3v) is 3.37. The van der Waals surface area contributed by atoms with Crippen LogP contribution in [0.1, 0.15) is 26.3 Å². The number of benzene rings is 1. The summed E-state index contributed by atoms with van der Waals surface area (Å²) < 4.78 is 0. The maximum absolute atomic E-state index is 11.8. The molecule has 1 aromatic rings. The highest BCUT2D eigenvalue weighted by Gasteiger charge is 2.25. The van der Waals surface area contributed by atoms with Crippen molar-refractivity contribution in [3.8, 4) is 0 Å². The molecular weight excluding hydrogens is 260 g/mol. The first kappa shape index (κ1) is 16.1. The Balaban J connectivity index is 2.59. The first-order valence-electron chi connectivity index (χ1n) is 6.45. The molecular formula is C14H20N2O4. The zero-order chi connectivity index (χ0) is 15.3. The molecule has 0 aliphatic heterocycles. The molecule has 1 amide bonds. The third kappa shape index (κ3) is 4.62. The van der Waals surface area contributed by atoms with Crippen LogP contribution in [0.2, 0.25) is 0 Å². The Hall–Kier alpha value is -1.95. The summed E-state index contributed by atoms with van der Waals surface area (Å²) in [4.78, 5) is 21.9. The summed E-state index contributed by atoms with van der Waals surface area (Å²) >= 11 is 0. The number of rotatable bonds is 6. The zero-order valence-electron chi connectivity index (χ0n) is 11.9. The Morgan fingerprint density at radius 1 is 1.50 bits per heavy atom. The lowest BCUT2D eigenvalue weighted by Crippen LogP contribution is -2.44. The molecule has 1 unspecified atom stereocenters. The van der Waals surface area contributed by atoms with E-state index in [2.05, 4.69) is 5.32 Å². The molecule has 0 saturated carbocycles. The molecule has 0 bridgehead atoms. The van der Waals surface area contributed by atoms with E-state index < -0.39 is 10.5 Å². The summed E-state index contributed by atoms with van der Waals surface area (Å²) in [5, 5.41) is 23.3. The van der Waals surface area contributed by atoms with Crippen molar-refractivity contribution in [3.05, 3.63) is 39.9 Å². The van der Waals surface area contributed by atoms with Crippen LogP contribution in [0, 0.1) is 16.0 Å². The SMILES string of the molecule is CC(C)C(C)(O)CNC(=O)Cc1cccc([N+](=O)[O-])c1. The molecule has 6 nitrogen and oxygen atoms in total. The highest BCUT2D eigenvalue weighted by Crippen LogP contribution is 2.15. The second-order valence-corrected chi connectivity index (χ2v) is 5.39. The highest BCUT2D eigenvalue weighted by molar-refractivity contribution is 5.78. The fourth-order valence-electron chi connectivity index (χ4n) is 1.51. The molecule has 1 atom stereocenters. The summed E-state index contributed by atoms with van der Waals surface area (Å²) in [6.07, 6.45) is 0.0514. The van der Waals surface area contributed by atoms with Gasteiger partial charge in [0, 0.05) is 18.7 Å². The number of hydrogen-bond donors (Lipinski definition) is 2. The van der Waals surface area contributed by atoms with Crippen LogP contribution >= 0.6 is 0 Å². The zero-order valence-corrected chi connectivity index (χ0v) is 11.9. The molecule has 0 spiro atoms. The van der Waals surface area contributed by atoms with Crippen molar-refractivity contribution in [2.24, 2.45) is 5.92 Å². The van der Waals surface area contributed by atoms with Crippen LogP contribution in [0.15, 0.2) is 24.3 Å². The Labute approximate surface area is 118 Å². The molecule has 110 valence electrons. The van der Waals surface area contributed by atoms with Crippen LogP contribution < -0.4 is 5.32 Å². The largest absolute Gasteiger partial charge is 0.388 e. The number of non-ortho nitro benzene ring substituents is 1. The van der Waals surface area contributed by atoms with Gasteiger partial charge in [-0.1, -0.05) is 26.0 Å². The van der Waals surface area contributed by atoms with E-state index in [-0.39, 0.29) is 30.5 Å². The first-order chi connectivity index (χ1) is 9.22. The number of nitro groups is 1. The minimum atomic E-state index is -0.974. The predicted octanol–water partition coefficient (Wildman–Crippen LogP) is 1.66. The second-order valence-electron chi connectivity index (χ2n) is 5.39. The van der Waals surface area contributed by atoms with E-state index in [0.29, 0.717) is 5.56 Å². The lowest BCUT2D eigenvalue weighted by atomic mass is 9.92. The van der Waals surface area contributed by atoms with Gasteiger partial charge in [0.2, 0.25) is 5.91 Å². The van der Waals surface area contributed by atoms with Crippen LogP contribution in [0.25, 0.3) is 0 Å². The average molecular weight is 280 g/mol. The minimum absolute atomic E-state index is 0.0145. The van der Waals surface area contributed by atoms with Crippen molar-refractivity contribution < 1.29 is 14.8 Å². The van der Waals surface area contributed by atoms with Crippen molar-refractivity contribution in [3.63, 3.8) is 0 Å². The standard InChI is InChI=1S/C14H20N2O4/c1-10(2)14(3,18)9-15-13(17)8-11-5-4-6-12(7-11)16(19)20/h4-7,10,18H,8-9H2,1-3H3,(H,15,17). The third-order valence-electron chi connectivity index (χ3n) is 3.37. The first-order valence-corrected chi connectivity index (χ1v) is 6.45. The lowest BCUT2D eigenvalue weighted by Gasteiger charge is -2.27. The quantitative estimate of drug-likeness (QED) is 0.612. The van der Waals surface area contributed by atoms with Crippen molar-refractivity contribution in [2.45, 2.75) is 32.8 Å². The number of nitrogens with zero attached hydrogens (tertiary/aromatic N) is 1. The number of carbonyl (C=O) groups is 1. The average Bonchev–Trinajstić information content (AvgIpc) is 2.36. The van der Waals surface area contributed by atoms with Gasteiger partial charge in [-0.3, -0.25) is 14.9 Å². The van der Waals surface area contributed by atoms with E-state index in [0.717, 1.165) is 0 Å². The molecule has 0 aliphatic rings. The monoisotopic (exact) mass is 280 g/mol. The number of amides is 1. The maximum Gasteiger partial charge on any atom is 0.269 e. The van der Waals surface area contributed by atoms with Gasteiger partial charge in [-0.05, 0) is 18.4 Å². The predicted molar refractivity (Wildman–Crippen MR) is 75.3 cm³/mol. The number of hydrogen-bond acceptors (Lipinski definition) is 4. The molecule has 0 fully saturated rings. The molecule has 6 heteroatoms. The van der Waals surface area contributed by atoms with Crippen LogP contribution in [0.3, 0.4) is 0 Å². The van der Waals surface area contributed by atoms with Crippen molar-refractivity contribution in [2.75, 3.05) is 6.54 Å². The van der Waals surface area contributed by atoms with Gasteiger partial charge in [0.25, 0.3) is 5.69 Å². The van der Waals surface area contributed by atoms with Gasteiger partial charge >= 0.3 is 0 Å². The molecule has 0 saturated heterocycles. The van der Waals surface area contributed by atoms with Crippen molar-refractivity contribution >= 4 is 11.6 Å². The topological polar surface area (TPSA) is 92.5 Å². The van der Waals surface area contributed by atoms with Gasteiger partial charge in [-0.15, -0.1) is 0 Å². The lowest BCUT2D eigenvalue weighted by molar-refractivity contribution is -0.384. The summed E-state index contributed by atoms with van der Waals surface area (Å²) in [6.45, 7) is 5.54. The maximum atomic E-state index is 11.8. The summed E-state index contributed by atoms with van der Waals surface area (Å²) in [7, 11) is 0. The fourth-order valence-corrected chi connectivity index (χ4v) is 1.51. The summed E-state index contributed by atoms with van der Waals surface area (Å²) in [5.41, 5.74) is -0.441. The van der Waals surface area contributed by atoms with Crippen molar-refractivity contribution in [1.29, 1.82) is 0 Å². The highest BCUT2D eigenvalue weighted by atomic mass is 16.6. The number of nitro benzene ring substituents is 1. The van der Waals surface area contributed by atoms with Gasteiger partial charge in [0.15, 0.2) is 0 Å². The van der Waals surface area contributed by atoms with E-state index in [1.807, 2.05) is 13.8 Å². The molecule has 0 aliphatic carbocycles. The molecule has 1 aromatic carbocycles. The number of carbonyl (C=O) groups excluding carboxylic acids is 1. The Bertz CT molecular complexity index is 498. The fraction of sp³-hybridized carbons (Fsp3) is 0.500. The van der Waals surface area contributed by atoms with Crippen LogP contribution in [0.5, 0.6) is 0 Å². The summed E-state index contributed by atoms with van der Waals surface area (Å²) in [6, 6.07) is 5.96. The second kappa shape index (κ2) is 6.47. The Kier molecular flexibility index (Phi) is 5.21. The van der Waals surface area contributed by atoms with Gasteiger partial charge in [0.1, 0.15) is 0 Å². The van der Waals surface area contributed by atoms with E-state index in [1.165, 1.54) is 12.1 Å². The molecule has 2 N–H and O–H groups in total. The Morgan fingerprint density at radius 2 is 2.15 bits per heavy atom. The minimum Gasteiger partial charge on any atom is -0.388 e. The normalized spacial score (nSPS) is 13.8. The van der Waals surface area contributed by atoms with Crippen molar-refractivity contribution in [1.82, 2.24) is 5.32 Å².